The van der Waals surface area contributed by atoms with Crippen molar-refractivity contribution in [2.75, 3.05) is 0 Å². The van der Waals surface area contributed by atoms with Gasteiger partial charge in [0.05, 0.1) is 12.1 Å². The third kappa shape index (κ3) is 2.47. The van der Waals surface area contributed by atoms with Crippen molar-refractivity contribution in [3.8, 4) is 0 Å². The van der Waals surface area contributed by atoms with Crippen LogP contribution in [0, 0.1) is 6.92 Å². The Labute approximate surface area is 117 Å². The van der Waals surface area contributed by atoms with Gasteiger partial charge in [0.15, 0.2) is 5.58 Å². The summed E-state index contributed by atoms with van der Waals surface area (Å²) in [6.45, 7) is 6.05. The maximum atomic E-state index is 5.77. The van der Waals surface area contributed by atoms with Crippen LogP contribution in [0.5, 0.6) is 0 Å². The predicted molar refractivity (Wildman–Crippen MR) is 77.4 cm³/mol. The second-order valence-corrected chi connectivity index (χ2v) is 5.08. The van der Waals surface area contributed by atoms with Gasteiger partial charge >= 0.3 is 0 Å². The molecule has 0 bridgehead atoms. The lowest BCUT2D eigenvalue weighted by Crippen LogP contribution is -2.22. The standard InChI is InChI=1S/C16H18N2O2/c1-10-8-9-14(19-10)11(2)17-12(3)16-18-13-6-4-5-7-15(13)20-16/h4-9,11-12,17H,1-3H3/t11-,12-/m0/s1. The van der Waals surface area contributed by atoms with Crippen molar-refractivity contribution in [1.82, 2.24) is 10.3 Å². The van der Waals surface area contributed by atoms with Gasteiger partial charge in [0.2, 0.25) is 5.89 Å². The van der Waals surface area contributed by atoms with Crippen LogP contribution in [0.15, 0.2) is 45.2 Å². The van der Waals surface area contributed by atoms with E-state index in [9.17, 15) is 0 Å². The second kappa shape index (κ2) is 5.13. The third-order valence-corrected chi connectivity index (χ3v) is 3.37. The van der Waals surface area contributed by atoms with Gasteiger partial charge in [-0.25, -0.2) is 4.98 Å². The van der Waals surface area contributed by atoms with Crippen LogP contribution >= 0.6 is 0 Å². The van der Waals surface area contributed by atoms with Crippen molar-refractivity contribution in [2.45, 2.75) is 32.9 Å². The topological polar surface area (TPSA) is 51.2 Å². The van der Waals surface area contributed by atoms with E-state index in [2.05, 4.69) is 17.2 Å². The molecular weight excluding hydrogens is 252 g/mol. The van der Waals surface area contributed by atoms with E-state index in [0.29, 0.717) is 5.89 Å². The van der Waals surface area contributed by atoms with Gasteiger partial charge in [-0.15, -0.1) is 0 Å². The molecule has 0 fully saturated rings. The van der Waals surface area contributed by atoms with Crippen LogP contribution in [0.25, 0.3) is 11.1 Å². The molecule has 0 aliphatic carbocycles. The fourth-order valence-electron chi connectivity index (χ4n) is 2.29. The molecule has 4 heteroatoms. The minimum atomic E-state index is 0.0165. The quantitative estimate of drug-likeness (QED) is 0.774. The number of hydrogen-bond donors (Lipinski definition) is 1. The summed E-state index contributed by atoms with van der Waals surface area (Å²) in [6.07, 6.45) is 0. The van der Waals surface area contributed by atoms with Gasteiger partial charge in [0, 0.05) is 0 Å². The van der Waals surface area contributed by atoms with Crippen LogP contribution in [0.2, 0.25) is 0 Å². The summed E-state index contributed by atoms with van der Waals surface area (Å²) in [7, 11) is 0. The van der Waals surface area contributed by atoms with E-state index in [1.165, 1.54) is 0 Å². The first-order chi connectivity index (χ1) is 9.63. The Morgan fingerprint density at radius 3 is 2.50 bits per heavy atom. The van der Waals surface area contributed by atoms with E-state index in [-0.39, 0.29) is 12.1 Å². The van der Waals surface area contributed by atoms with Crippen molar-refractivity contribution < 1.29 is 8.83 Å². The van der Waals surface area contributed by atoms with Gasteiger partial charge in [0.1, 0.15) is 17.0 Å². The zero-order chi connectivity index (χ0) is 14.1. The highest BCUT2D eigenvalue weighted by Crippen LogP contribution is 2.23. The van der Waals surface area contributed by atoms with Crippen LogP contribution < -0.4 is 5.32 Å². The molecule has 0 radical (unpaired) electrons. The van der Waals surface area contributed by atoms with Crippen LogP contribution in [-0.4, -0.2) is 4.98 Å². The van der Waals surface area contributed by atoms with E-state index >= 15 is 0 Å². The number of oxazole rings is 1. The number of para-hydroxylation sites is 2. The summed E-state index contributed by atoms with van der Waals surface area (Å²) in [5.74, 6) is 2.54. The van der Waals surface area contributed by atoms with Gasteiger partial charge in [-0.3, -0.25) is 5.32 Å². The Morgan fingerprint density at radius 1 is 1.00 bits per heavy atom. The minimum absolute atomic E-state index is 0.0165. The van der Waals surface area contributed by atoms with Gasteiger partial charge in [-0.1, -0.05) is 12.1 Å². The molecule has 1 N–H and O–H groups in total. The maximum Gasteiger partial charge on any atom is 0.212 e. The van der Waals surface area contributed by atoms with Crippen LogP contribution in [-0.2, 0) is 0 Å². The second-order valence-electron chi connectivity index (χ2n) is 5.08. The number of nitrogens with one attached hydrogen (secondary N) is 1. The van der Waals surface area contributed by atoms with E-state index in [0.717, 1.165) is 22.6 Å². The molecule has 0 spiro atoms. The molecule has 3 rings (SSSR count). The highest BCUT2D eigenvalue weighted by atomic mass is 16.4. The molecule has 20 heavy (non-hydrogen) atoms. The van der Waals surface area contributed by atoms with Gasteiger partial charge in [0.25, 0.3) is 0 Å². The third-order valence-electron chi connectivity index (χ3n) is 3.37. The predicted octanol–water partition coefficient (Wildman–Crippen LogP) is 4.14. The van der Waals surface area contributed by atoms with Crippen LogP contribution in [0.4, 0.5) is 0 Å². The number of aromatic nitrogens is 1. The summed E-state index contributed by atoms with van der Waals surface area (Å²) in [5.41, 5.74) is 1.70. The molecule has 0 saturated carbocycles. The summed E-state index contributed by atoms with van der Waals surface area (Å²) < 4.78 is 11.4. The van der Waals surface area contributed by atoms with Gasteiger partial charge < -0.3 is 8.83 Å². The van der Waals surface area contributed by atoms with E-state index in [4.69, 9.17) is 8.83 Å². The average Bonchev–Trinajstić information content (AvgIpc) is 3.04. The molecule has 104 valence electrons. The number of rotatable bonds is 4. The molecule has 0 amide bonds. The lowest BCUT2D eigenvalue weighted by Gasteiger charge is -2.15. The SMILES string of the molecule is Cc1ccc([C@H](C)N[C@@H](C)c2nc3ccccc3o2)o1. The highest BCUT2D eigenvalue weighted by Gasteiger charge is 2.18. The molecule has 2 heterocycles. The van der Waals surface area contributed by atoms with E-state index in [1.807, 2.05) is 50.2 Å². The normalized spacial score (nSPS) is 14.6. The molecule has 0 aliphatic rings. The average molecular weight is 270 g/mol. The zero-order valence-electron chi connectivity index (χ0n) is 11.9. The summed E-state index contributed by atoms with van der Waals surface area (Å²) in [5, 5.41) is 3.44. The van der Waals surface area contributed by atoms with Gasteiger partial charge in [-0.2, -0.15) is 0 Å². The molecule has 1 aromatic carbocycles. The van der Waals surface area contributed by atoms with E-state index < -0.39 is 0 Å². The number of aryl methyl sites for hydroxylation is 1. The Morgan fingerprint density at radius 2 is 1.80 bits per heavy atom. The molecule has 0 saturated heterocycles. The van der Waals surface area contributed by atoms with Crippen LogP contribution in [0.3, 0.4) is 0 Å². The number of fused-ring (bicyclic) bond motifs is 1. The highest BCUT2D eigenvalue weighted by molar-refractivity contribution is 5.72. The maximum absolute atomic E-state index is 5.77. The smallest absolute Gasteiger partial charge is 0.212 e. The molecule has 0 unspecified atom stereocenters. The molecular formula is C16H18N2O2. The minimum Gasteiger partial charge on any atom is -0.465 e. The first-order valence-corrected chi connectivity index (χ1v) is 6.81. The fraction of sp³-hybridized carbons (Fsp3) is 0.312. The molecule has 3 aromatic rings. The van der Waals surface area contributed by atoms with Crippen molar-refractivity contribution >= 4 is 11.1 Å². The number of benzene rings is 1. The molecule has 4 nitrogen and oxygen atoms in total. The number of furan rings is 1. The van der Waals surface area contributed by atoms with Crippen molar-refractivity contribution in [2.24, 2.45) is 0 Å². The Hall–Kier alpha value is -2.07. The largest absolute Gasteiger partial charge is 0.465 e. The number of nitrogens with zero attached hydrogens (tertiary/aromatic N) is 1. The Balaban J connectivity index is 1.76. The lowest BCUT2D eigenvalue weighted by molar-refractivity contribution is 0.360. The molecule has 2 aromatic heterocycles. The number of hydrogen-bond acceptors (Lipinski definition) is 4. The summed E-state index contributed by atoms with van der Waals surface area (Å²) in [4.78, 5) is 4.50. The Kier molecular flexibility index (Phi) is 3.32. The zero-order valence-corrected chi connectivity index (χ0v) is 11.9. The lowest BCUT2D eigenvalue weighted by atomic mass is 10.2. The van der Waals surface area contributed by atoms with Gasteiger partial charge in [-0.05, 0) is 45.0 Å². The van der Waals surface area contributed by atoms with E-state index in [1.54, 1.807) is 0 Å². The first kappa shape index (κ1) is 12.9. The molecule has 2 atom stereocenters. The summed E-state index contributed by atoms with van der Waals surface area (Å²) in [6, 6.07) is 11.9. The van der Waals surface area contributed by atoms with Crippen molar-refractivity contribution in [1.29, 1.82) is 0 Å². The van der Waals surface area contributed by atoms with Crippen molar-refractivity contribution in [3.05, 3.63) is 53.8 Å². The van der Waals surface area contributed by atoms with Crippen LogP contribution in [0.1, 0.15) is 43.3 Å². The molecule has 0 aliphatic heterocycles. The Bertz CT molecular complexity index is 681. The monoisotopic (exact) mass is 270 g/mol. The summed E-state index contributed by atoms with van der Waals surface area (Å²) >= 11 is 0. The fourth-order valence-corrected chi connectivity index (χ4v) is 2.29. The first-order valence-electron chi connectivity index (χ1n) is 6.81. The van der Waals surface area contributed by atoms with Crippen molar-refractivity contribution in [3.63, 3.8) is 0 Å².